The van der Waals surface area contributed by atoms with Gasteiger partial charge in [-0.25, -0.2) is 25.9 Å². The number of halogens is 2. The molecule has 0 amide bonds. The molecule has 0 aliphatic heterocycles. The van der Waals surface area contributed by atoms with Gasteiger partial charge < -0.3 is 0 Å². The van der Waals surface area contributed by atoms with Crippen LogP contribution in [0.25, 0.3) is 0 Å². The van der Waals surface area contributed by atoms with Crippen molar-refractivity contribution in [2.24, 2.45) is 0 Å². The van der Waals surface area contributed by atoms with E-state index in [4.69, 9.17) is 11.6 Å². The van der Waals surface area contributed by atoms with Gasteiger partial charge >= 0.3 is 0 Å². The molecular formula is C15H15ClFNO4S2. The average molecular weight is 392 g/mol. The van der Waals surface area contributed by atoms with Crippen LogP contribution in [-0.2, 0) is 19.9 Å². The van der Waals surface area contributed by atoms with Crippen molar-refractivity contribution in [1.29, 1.82) is 0 Å². The van der Waals surface area contributed by atoms with Crippen LogP contribution in [0.5, 0.6) is 0 Å². The highest BCUT2D eigenvalue weighted by Crippen LogP contribution is 2.24. The Balaban J connectivity index is 2.26. The second-order valence-electron chi connectivity index (χ2n) is 5.26. The minimum absolute atomic E-state index is 0.142. The monoisotopic (exact) mass is 391 g/mol. The first-order valence-electron chi connectivity index (χ1n) is 6.78. The van der Waals surface area contributed by atoms with Gasteiger partial charge in [-0.2, -0.15) is 0 Å². The van der Waals surface area contributed by atoms with Crippen molar-refractivity contribution in [3.63, 3.8) is 0 Å². The van der Waals surface area contributed by atoms with Gasteiger partial charge in [0.1, 0.15) is 10.7 Å². The first-order valence-corrected chi connectivity index (χ1v) is 10.5. The molecule has 0 aromatic heterocycles. The second-order valence-corrected chi connectivity index (χ2v) is 9.36. The molecular weight excluding hydrogens is 377 g/mol. The summed E-state index contributed by atoms with van der Waals surface area (Å²) >= 11 is 5.79. The molecule has 0 spiro atoms. The number of nitrogens with one attached hydrogen (secondary N) is 1. The van der Waals surface area contributed by atoms with Gasteiger partial charge in [0.2, 0.25) is 10.0 Å². The number of rotatable bonds is 5. The summed E-state index contributed by atoms with van der Waals surface area (Å²) in [6.07, 6.45) is 1.09. The quantitative estimate of drug-likeness (QED) is 0.849. The van der Waals surface area contributed by atoms with E-state index in [9.17, 15) is 21.2 Å². The summed E-state index contributed by atoms with van der Waals surface area (Å²) in [5.74, 6) is -0.636. The molecule has 0 aliphatic rings. The Morgan fingerprint density at radius 3 is 2.12 bits per heavy atom. The van der Waals surface area contributed by atoms with Crippen LogP contribution in [0.2, 0.25) is 5.02 Å². The van der Waals surface area contributed by atoms with E-state index in [2.05, 4.69) is 4.72 Å². The molecule has 24 heavy (non-hydrogen) atoms. The predicted molar refractivity (Wildman–Crippen MR) is 89.7 cm³/mol. The summed E-state index contributed by atoms with van der Waals surface area (Å²) in [5, 5.41) is -0.220. The molecule has 0 aliphatic carbocycles. The van der Waals surface area contributed by atoms with E-state index in [1.165, 1.54) is 24.3 Å². The number of hydrogen-bond donors (Lipinski definition) is 1. The molecule has 0 fully saturated rings. The summed E-state index contributed by atoms with van der Waals surface area (Å²) in [4.78, 5) is -0.0898. The maximum absolute atomic E-state index is 13.0. The second kappa shape index (κ2) is 6.79. The van der Waals surface area contributed by atoms with Crippen molar-refractivity contribution >= 4 is 31.5 Å². The Morgan fingerprint density at radius 1 is 1.04 bits per heavy atom. The Kier molecular flexibility index (Phi) is 5.34. The van der Waals surface area contributed by atoms with Crippen LogP contribution in [0.3, 0.4) is 0 Å². The Bertz CT molecular complexity index is 957. The molecule has 0 saturated heterocycles. The smallest absolute Gasteiger partial charge is 0.224 e. The van der Waals surface area contributed by atoms with Crippen molar-refractivity contribution in [2.75, 3.05) is 6.26 Å². The van der Waals surface area contributed by atoms with Gasteiger partial charge in [-0.1, -0.05) is 23.7 Å². The topological polar surface area (TPSA) is 80.3 Å². The maximum Gasteiger partial charge on any atom is 0.242 e. The SMILES string of the molecule is CC(NS(=O)(=O)c1ccc(F)cc1Cl)c1ccc(S(C)(=O)=O)cc1. The molecule has 0 radical (unpaired) electrons. The van der Waals surface area contributed by atoms with Crippen molar-refractivity contribution in [3.05, 3.63) is 58.9 Å². The normalized spacial score (nSPS) is 13.7. The zero-order valence-electron chi connectivity index (χ0n) is 12.8. The molecule has 5 nitrogen and oxygen atoms in total. The number of sulfone groups is 1. The molecule has 1 unspecified atom stereocenters. The fourth-order valence-corrected chi connectivity index (χ4v) is 4.45. The van der Waals surface area contributed by atoms with Gasteiger partial charge in [0.05, 0.1) is 9.92 Å². The molecule has 1 N–H and O–H groups in total. The summed E-state index contributed by atoms with van der Waals surface area (Å²) in [5.41, 5.74) is 0.573. The highest BCUT2D eigenvalue weighted by molar-refractivity contribution is 7.90. The standard InChI is InChI=1S/C15H15ClFNO4S2/c1-10(11-3-6-13(7-4-11)23(2,19)20)18-24(21,22)15-8-5-12(17)9-14(15)16/h3-10,18H,1-2H3. The van der Waals surface area contributed by atoms with Gasteiger partial charge in [0.25, 0.3) is 0 Å². The Morgan fingerprint density at radius 2 is 1.62 bits per heavy atom. The van der Waals surface area contributed by atoms with E-state index in [0.29, 0.717) is 5.56 Å². The minimum atomic E-state index is -3.96. The van der Waals surface area contributed by atoms with E-state index in [1.54, 1.807) is 6.92 Å². The number of benzene rings is 2. The molecule has 9 heteroatoms. The number of sulfonamides is 1. The highest BCUT2D eigenvalue weighted by Gasteiger charge is 2.21. The lowest BCUT2D eigenvalue weighted by Crippen LogP contribution is -2.27. The van der Waals surface area contributed by atoms with Gasteiger partial charge in [-0.05, 0) is 42.8 Å². The lowest BCUT2D eigenvalue weighted by atomic mass is 10.1. The summed E-state index contributed by atoms with van der Waals surface area (Å²) in [6.45, 7) is 1.60. The molecule has 130 valence electrons. The van der Waals surface area contributed by atoms with Crippen LogP contribution in [-0.4, -0.2) is 23.1 Å². The zero-order chi connectivity index (χ0) is 18.1. The Hall–Kier alpha value is -1.48. The molecule has 2 aromatic carbocycles. The fraction of sp³-hybridized carbons (Fsp3) is 0.200. The van der Waals surface area contributed by atoms with E-state index < -0.39 is 31.7 Å². The summed E-state index contributed by atoms with van der Waals surface area (Å²) in [7, 11) is -7.29. The van der Waals surface area contributed by atoms with Crippen molar-refractivity contribution in [3.8, 4) is 0 Å². The largest absolute Gasteiger partial charge is 0.242 e. The van der Waals surface area contributed by atoms with Crippen molar-refractivity contribution in [2.45, 2.75) is 22.8 Å². The van der Waals surface area contributed by atoms with Gasteiger partial charge in [0.15, 0.2) is 9.84 Å². The molecule has 2 rings (SSSR count). The van der Waals surface area contributed by atoms with Crippen LogP contribution < -0.4 is 4.72 Å². The minimum Gasteiger partial charge on any atom is -0.224 e. The summed E-state index contributed by atoms with van der Waals surface area (Å²) in [6, 6.07) is 8.23. The Labute approximate surface area is 145 Å². The first-order chi connectivity index (χ1) is 11.0. The van der Waals surface area contributed by atoms with Crippen molar-refractivity contribution in [1.82, 2.24) is 4.72 Å². The molecule has 0 saturated carbocycles. The molecule has 2 aromatic rings. The third kappa shape index (κ3) is 4.32. The van der Waals surface area contributed by atoms with E-state index in [-0.39, 0.29) is 14.8 Å². The third-order valence-corrected chi connectivity index (χ3v) is 6.48. The van der Waals surface area contributed by atoms with Crippen LogP contribution in [0.4, 0.5) is 4.39 Å². The van der Waals surface area contributed by atoms with Crippen molar-refractivity contribution < 1.29 is 21.2 Å². The van der Waals surface area contributed by atoms with Gasteiger partial charge in [-0.15, -0.1) is 0 Å². The fourth-order valence-electron chi connectivity index (χ4n) is 2.06. The van der Waals surface area contributed by atoms with E-state index >= 15 is 0 Å². The average Bonchev–Trinajstić information content (AvgIpc) is 2.45. The van der Waals surface area contributed by atoms with Crippen LogP contribution in [0, 0.1) is 5.82 Å². The highest BCUT2D eigenvalue weighted by atomic mass is 35.5. The third-order valence-electron chi connectivity index (χ3n) is 3.32. The van der Waals surface area contributed by atoms with Crippen LogP contribution in [0.15, 0.2) is 52.3 Å². The lowest BCUT2D eigenvalue weighted by molar-refractivity contribution is 0.566. The summed E-state index contributed by atoms with van der Waals surface area (Å²) < 4.78 is 63.1. The first kappa shape index (κ1) is 18.9. The molecule has 0 heterocycles. The van der Waals surface area contributed by atoms with E-state index in [0.717, 1.165) is 24.5 Å². The lowest BCUT2D eigenvalue weighted by Gasteiger charge is -2.15. The van der Waals surface area contributed by atoms with Gasteiger partial charge in [0, 0.05) is 12.3 Å². The van der Waals surface area contributed by atoms with Crippen LogP contribution in [0.1, 0.15) is 18.5 Å². The molecule has 1 atom stereocenters. The predicted octanol–water partition coefficient (Wildman–Crippen LogP) is 2.92. The maximum atomic E-state index is 13.0. The zero-order valence-corrected chi connectivity index (χ0v) is 15.2. The van der Waals surface area contributed by atoms with Gasteiger partial charge in [-0.3, -0.25) is 0 Å². The van der Waals surface area contributed by atoms with Crippen LogP contribution >= 0.6 is 11.6 Å². The van der Waals surface area contributed by atoms with E-state index in [1.807, 2.05) is 0 Å². The number of hydrogen-bond acceptors (Lipinski definition) is 4. The molecule has 0 bridgehead atoms.